The SMILES string of the molecule is CCCCCCCCCCN1/C(=C\C2=C(O)C(=C\c3sc4ccccc4[n+]3CCCCCCCCCC)/C2=O)Sc2ccccc21. The van der Waals surface area contributed by atoms with E-state index in [1.54, 1.807) is 23.1 Å². The molecular formula is C40H53N2O2S2+. The molecule has 2 aliphatic rings. The van der Waals surface area contributed by atoms with E-state index in [2.05, 4.69) is 71.8 Å². The zero-order valence-electron chi connectivity index (χ0n) is 28.1. The highest BCUT2D eigenvalue weighted by atomic mass is 32.2. The summed E-state index contributed by atoms with van der Waals surface area (Å²) in [6.45, 7) is 6.38. The first-order valence-corrected chi connectivity index (χ1v) is 19.6. The fraction of sp³-hybridized carbons (Fsp3) is 0.500. The molecule has 0 amide bonds. The van der Waals surface area contributed by atoms with Gasteiger partial charge in [0, 0.05) is 30.0 Å². The van der Waals surface area contributed by atoms with Gasteiger partial charge in [0.05, 0.1) is 21.9 Å². The van der Waals surface area contributed by atoms with Gasteiger partial charge in [-0.3, -0.25) is 4.79 Å². The van der Waals surface area contributed by atoms with Crippen molar-refractivity contribution in [2.75, 3.05) is 11.4 Å². The molecule has 1 aliphatic carbocycles. The van der Waals surface area contributed by atoms with Crippen LogP contribution >= 0.6 is 23.1 Å². The molecule has 5 rings (SSSR count). The topological polar surface area (TPSA) is 44.4 Å². The number of nitrogens with zero attached hydrogens (tertiary/aromatic N) is 2. The van der Waals surface area contributed by atoms with Crippen molar-refractivity contribution in [2.45, 2.75) is 128 Å². The fourth-order valence-electron chi connectivity index (χ4n) is 6.55. The Balaban J connectivity index is 1.26. The lowest BCUT2D eigenvalue weighted by Gasteiger charge is -2.23. The first-order chi connectivity index (χ1) is 22.6. The Morgan fingerprint density at radius 1 is 0.739 bits per heavy atom. The summed E-state index contributed by atoms with van der Waals surface area (Å²) in [7, 11) is 0. The van der Waals surface area contributed by atoms with Gasteiger partial charge in [0.1, 0.15) is 10.5 Å². The second-order valence-electron chi connectivity index (χ2n) is 12.9. The molecule has 46 heavy (non-hydrogen) atoms. The summed E-state index contributed by atoms with van der Waals surface area (Å²) in [5, 5.41) is 13.3. The number of hydrogen-bond donors (Lipinski definition) is 1. The number of anilines is 1. The van der Waals surface area contributed by atoms with Crippen molar-refractivity contribution >= 4 is 50.9 Å². The number of para-hydroxylation sites is 2. The number of aryl methyl sites for hydroxylation is 1. The molecule has 4 nitrogen and oxygen atoms in total. The normalized spacial score (nSPS) is 16.3. The number of aliphatic hydroxyl groups is 1. The van der Waals surface area contributed by atoms with E-state index in [1.165, 1.54) is 111 Å². The minimum Gasteiger partial charge on any atom is -0.506 e. The number of ketones is 1. The highest BCUT2D eigenvalue weighted by molar-refractivity contribution is 8.03. The standard InChI is InChI=1S/C40H52N2O2S2/c1-3-5-7-9-11-13-15-21-27-41-33-23-17-19-25-35(33)45-37(41)29-31-39(43)32(40(31)44)30-38-42(34-24-18-20-26-36(34)46-38)28-22-16-14-12-10-8-6-4-2/h17-20,23-26,29-30H,3-16,21-22,27-28H2,1-2H3/p+1. The third-order valence-electron chi connectivity index (χ3n) is 9.28. The van der Waals surface area contributed by atoms with Crippen LogP contribution in [0.2, 0.25) is 0 Å². The van der Waals surface area contributed by atoms with Crippen LogP contribution in [0.4, 0.5) is 5.69 Å². The Bertz CT molecular complexity index is 1550. The summed E-state index contributed by atoms with van der Waals surface area (Å²) in [6.07, 6.45) is 24.4. The quantitative estimate of drug-likeness (QED) is 0.0746. The number of allylic oxidation sites excluding steroid dienone is 3. The van der Waals surface area contributed by atoms with Crippen LogP contribution in [-0.2, 0) is 11.3 Å². The molecule has 0 spiro atoms. The number of carbonyl (C=O) groups is 1. The summed E-state index contributed by atoms with van der Waals surface area (Å²) in [5.41, 5.74) is 3.27. The number of rotatable bonds is 20. The van der Waals surface area contributed by atoms with E-state index in [0.717, 1.165) is 36.0 Å². The average Bonchev–Trinajstić information content (AvgIpc) is 3.61. The molecule has 1 aromatic heterocycles. The number of carbonyl (C=O) groups excluding carboxylic acids is 1. The molecular weight excluding hydrogens is 605 g/mol. The maximum Gasteiger partial charge on any atom is 0.263 e. The first-order valence-electron chi connectivity index (χ1n) is 18.0. The molecule has 2 aromatic carbocycles. The molecule has 0 bridgehead atoms. The van der Waals surface area contributed by atoms with Crippen molar-refractivity contribution in [3.05, 3.63) is 81.5 Å². The molecule has 1 aliphatic heterocycles. The number of thiazole rings is 1. The predicted molar refractivity (Wildman–Crippen MR) is 198 cm³/mol. The summed E-state index contributed by atoms with van der Waals surface area (Å²) < 4.78 is 3.55. The Labute approximate surface area is 285 Å². The van der Waals surface area contributed by atoms with E-state index < -0.39 is 0 Å². The second kappa shape index (κ2) is 17.9. The van der Waals surface area contributed by atoms with E-state index in [-0.39, 0.29) is 11.5 Å². The smallest absolute Gasteiger partial charge is 0.263 e. The van der Waals surface area contributed by atoms with Crippen LogP contribution in [-0.4, -0.2) is 17.4 Å². The molecule has 6 heteroatoms. The minimum absolute atomic E-state index is 0.0651. The summed E-state index contributed by atoms with van der Waals surface area (Å²) in [4.78, 5) is 17.1. The number of benzene rings is 2. The van der Waals surface area contributed by atoms with Crippen molar-refractivity contribution < 1.29 is 14.5 Å². The number of hydrogen-bond acceptors (Lipinski definition) is 5. The van der Waals surface area contributed by atoms with Crippen molar-refractivity contribution in [1.29, 1.82) is 0 Å². The first kappa shape index (κ1) is 34.5. The highest BCUT2D eigenvalue weighted by Gasteiger charge is 2.36. The monoisotopic (exact) mass is 657 g/mol. The number of thioether (sulfide) groups is 1. The van der Waals surface area contributed by atoms with Crippen molar-refractivity contribution in [3.8, 4) is 0 Å². The molecule has 2 heterocycles. The van der Waals surface area contributed by atoms with Crippen LogP contribution in [0.15, 0.2) is 81.4 Å². The zero-order chi connectivity index (χ0) is 32.1. The van der Waals surface area contributed by atoms with Crippen molar-refractivity contribution in [2.24, 2.45) is 0 Å². The number of unbranched alkanes of at least 4 members (excludes halogenated alkanes) is 14. The van der Waals surface area contributed by atoms with Crippen LogP contribution in [0.3, 0.4) is 0 Å². The van der Waals surface area contributed by atoms with Gasteiger partial charge >= 0.3 is 0 Å². The van der Waals surface area contributed by atoms with E-state index >= 15 is 0 Å². The number of aromatic nitrogens is 1. The molecule has 246 valence electrons. The van der Waals surface area contributed by atoms with Gasteiger partial charge in [-0.25, -0.2) is 0 Å². The molecule has 0 saturated heterocycles. The van der Waals surface area contributed by atoms with Gasteiger partial charge < -0.3 is 10.0 Å². The third kappa shape index (κ3) is 8.74. The summed E-state index contributed by atoms with van der Waals surface area (Å²) in [5.74, 6) is 0.0573. The molecule has 0 unspecified atom stereocenters. The van der Waals surface area contributed by atoms with Crippen molar-refractivity contribution in [1.82, 2.24) is 0 Å². The molecule has 0 saturated carbocycles. The molecule has 0 fully saturated rings. The lowest BCUT2D eigenvalue weighted by Crippen LogP contribution is -2.35. The van der Waals surface area contributed by atoms with Gasteiger partial charge in [0.15, 0.2) is 6.54 Å². The van der Waals surface area contributed by atoms with Gasteiger partial charge in [-0.05, 0) is 37.1 Å². The highest BCUT2D eigenvalue weighted by Crippen LogP contribution is 2.47. The number of Topliss-reactive ketones (excluding diaryl/α,β-unsaturated/α-hetero) is 1. The van der Waals surface area contributed by atoms with Gasteiger partial charge in [-0.2, -0.15) is 4.57 Å². The van der Waals surface area contributed by atoms with Crippen LogP contribution < -0.4 is 9.47 Å². The number of fused-ring (bicyclic) bond motifs is 2. The van der Waals surface area contributed by atoms with Gasteiger partial charge in [0.2, 0.25) is 11.3 Å². The Hall–Kier alpha value is -2.83. The molecule has 1 N–H and O–H groups in total. The van der Waals surface area contributed by atoms with Crippen LogP contribution in [0, 0.1) is 0 Å². The van der Waals surface area contributed by atoms with Crippen LogP contribution in [0.5, 0.6) is 0 Å². The molecule has 3 aromatic rings. The lowest BCUT2D eigenvalue weighted by atomic mass is 9.88. The average molecular weight is 658 g/mol. The predicted octanol–water partition coefficient (Wildman–Crippen LogP) is 11.7. The fourth-order valence-corrected chi connectivity index (χ4v) is 8.81. The number of aliphatic hydroxyl groups excluding tert-OH is 1. The van der Waals surface area contributed by atoms with Gasteiger partial charge in [-0.15, -0.1) is 0 Å². The Kier molecular flexibility index (Phi) is 13.4. The lowest BCUT2D eigenvalue weighted by molar-refractivity contribution is -0.669. The minimum atomic E-state index is -0.0651. The largest absolute Gasteiger partial charge is 0.506 e. The third-order valence-corrected chi connectivity index (χ3v) is 11.5. The summed E-state index contributed by atoms with van der Waals surface area (Å²) in [6, 6.07) is 17.0. The van der Waals surface area contributed by atoms with E-state index in [1.807, 2.05) is 12.2 Å². The maximum absolute atomic E-state index is 13.5. The molecule has 0 atom stereocenters. The van der Waals surface area contributed by atoms with Gasteiger partial charge in [0.25, 0.3) is 5.01 Å². The van der Waals surface area contributed by atoms with Crippen LogP contribution in [0.25, 0.3) is 16.3 Å². The second-order valence-corrected chi connectivity index (χ2v) is 15.0. The van der Waals surface area contributed by atoms with Crippen LogP contribution in [0.1, 0.15) is 122 Å². The summed E-state index contributed by atoms with van der Waals surface area (Å²) >= 11 is 3.40. The molecule has 0 radical (unpaired) electrons. The van der Waals surface area contributed by atoms with E-state index in [4.69, 9.17) is 0 Å². The van der Waals surface area contributed by atoms with E-state index in [9.17, 15) is 9.90 Å². The Morgan fingerprint density at radius 3 is 2.04 bits per heavy atom. The maximum atomic E-state index is 13.5. The van der Waals surface area contributed by atoms with E-state index in [0.29, 0.717) is 11.1 Å². The Morgan fingerprint density at radius 2 is 1.35 bits per heavy atom. The van der Waals surface area contributed by atoms with Gasteiger partial charge in [-0.1, -0.05) is 145 Å². The van der Waals surface area contributed by atoms with Crippen molar-refractivity contribution in [3.63, 3.8) is 0 Å². The zero-order valence-corrected chi connectivity index (χ0v) is 29.7.